The Labute approximate surface area is 183 Å². The van der Waals surface area contributed by atoms with E-state index in [2.05, 4.69) is 26.0 Å². The van der Waals surface area contributed by atoms with Gasteiger partial charge in [-0.1, -0.05) is 38.1 Å². The van der Waals surface area contributed by atoms with Crippen LogP contribution >= 0.6 is 0 Å². The molecule has 0 N–H and O–H groups in total. The van der Waals surface area contributed by atoms with Gasteiger partial charge in [0.25, 0.3) is 21.8 Å². The van der Waals surface area contributed by atoms with Crippen molar-refractivity contribution in [2.24, 2.45) is 0 Å². The number of carbonyl (C=O) groups is 2. The molecule has 7 heteroatoms. The number of sulfonamides is 1. The molecule has 0 unspecified atom stereocenters. The minimum Gasteiger partial charge on any atom is -0.331 e. The fraction of sp³-hybridized carbons (Fsp3) is 0.417. The van der Waals surface area contributed by atoms with Crippen molar-refractivity contribution in [3.05, 3.63) is 64.7 Å². The maximum Gasteiger partial charge on any atom is 0.269 e. The van der Waals surface area contributed by atoms with Gasteiger partial charge in [0.1, 0.15) is 4.90 Å². The van der Waals surface area contributed by atoms with Gasteiger partial charge in [0, 0.05) is 24.2 Å². The van der Waals surface area contributed by atoms with Gasteiger partial charge in [-0.15, -0.1) is 0 Å². The zero-order valence-electron chi connectivity index (χ0n) is 18.3. The molecule has 1 fully saturated rings. The van der Waals surface area contributed by atoms with E-state index in [1.165, 1.54) is 17.7 Å². The Morgan fingerprint density at radius 3 is 2.26 bits per heavy atom. The molecule has 164 valence electrons. The van der Waals surface area contributed by atoms with Crippen LogP contribution < -0.4 is 0 Å². The summed E-state index contributed by atoms with van der Waals surface area (Å²) in [7, 11) is -3.94. The molecule has 0 spiro atoms. The lowest BCUT2D eigenvalue weighted by Crippen LogP contribution is -2.36. The number of nitrogens with zero attached hydrogens (tertiary/aromatic N) is 2. The molecule has 31 heavy (non-hydrogen) atoms. The molecule has 1 heterocycles. The van der Waals surface area contributed by atoms with Crippen LogP contribution in [0.25, 0.3) is 0 Å². The summed E-state index contributed by atoms with van der Waals surface area (Å²) in [5.41, 5.74) is 2.72. The summed E-state index contributed by atoms with van der Waals surface area (Å²) >= 11 is 0. The summed E-state index contributed by atoms with van der Waals surface area (Å²) in [5.74, 6) is -0.297. The van der Waals surface area contributed by atoms with E-state index in [4.69, 9.17) is 0 Å². The van der Waals surface area contributed by atoms with Crippen molar-refractivity contribution >= 4 is 21.8 Å². The monoisotopic (exact) mass is 440 g/mol. The molecule has 0 atom stereocenters. The standard InChI is InChI=1S/C24H28N2O4S/c1-15(2)18-7-5-17(6-8-18)14-25(20-10-11-20)23(27)19-9-12-21-22(13-19)31(29,30)26(16(3)4)24(21)28/h5-9,12-13,15-16,20H,10-11,14H2,1-4H3. The summed E-state index contributed by atoms with van der Waals surface area (Å²) in [6, 6.07) is 12.3. The summed E-state index contributed by atoms with van der Waals surface area (Å²) < 4.78 is 26.7. The van der Waals surface area contributed by atoms with E-state index in [0.29, 0.717) is 18.0 Å². The highest BCUT2D eigenvalue weighted by atomic mass is 32.2. The summed E-state index contributed by atoms with van der Waals surface area (Å²) in [4.78, 5) is 27.6. The first-order chi connectivity index (χ1) is 14.6. The van der Waals surface area contributed by atoms with Crippen LogP contribution in [0.5, 0.6) is 0 Å². The van der Waals surface area contributed by atoms with Crippen molar-refractivity contribution in [1.29, 1.82) is 0 Å². The number of hydrogen-bond acceptors (Lipinski definition) is 4. The van der Waals surface area contributed by atoms with Gasteiger partial charge in [0.05, 0.1) is 5.56 Å². The molecule has 4 rings (SSSR count). The Kier molecular flexibility index (Phi) is 5.41. The third kappa shape index (κ3) is 3.87. The molecule has 2 aliphatic rings. The Morgan fingerprint density at radius 2 is 1.71 bits per heavy atom. The molecule has 1 saturated carbocycles. The Bertz CT molecular complexity index is 1130. The smallest absolute Gasteiger partial charge is 0.269 e. The van der Waals surface area contributed by atoms with Gasteiger partial charge >= 0.3 is 0 Å². The van der Waals surface area contributed by atoms with Crippen LogP contribution in [0.4, 0.5) is 0 Å². The van der Waals surface area contributed by atoms with Gasteiger partial charge in [-0.3, -0.25) is 9.59 Å². The zero-order valence-corrected chi connectivity index (χ0v) is 19.1. The van der Waals surface area contributed by atoms with Crippen molar-refractivity contribution in [3.8, 4) is 0 Å². The van der Waals surface area contributed by atoms with Crippen molar-refractivity contribution in [2.45, 2.75) is 70.0 Å². The molecular weight excluding hydrogens is 412 g/mol. The van der Waals surface area contributed by atoms with Crippen molar-refractivity contribution in [2.75, 3.05) is 0 Å². The van der Waals surface area contributed by atoms with Gasteiger partial charge in [-0.05, 0) is 61.9 Å². The molecule has 1 aliphatic carbocycles. The highest BCUT2D eigenvalue weighted by Crippen LogP contribution is 2.34. The topological polar surface area (TPSA) is 74.8 Å². The minimum atomic E-state index is -3.94. The van der Waals surface area contributed by atoms with Gasteiger partial charge in [-0.25, -0.2) is 12.7 Å². The number of benzene rings is 2. The number of fused-ring (bicyclic) bond motifs is 1. The van der Waals surface area contributed by atoms with Gasteiger partial charge < -0.3 is 4.90 Å². The van der Waals surface area contributed by atoms with Crippen molar-refractivity contribution in [3.63, 3.8) is 0 Å². The van der Waals surface area contributed by atoms with Crippen LogP contribution in [0.3, 0.4) is 0 Å². The van der Waals surface area contributed by atoms with E-state index in [-0.39, 0.29) is 22.4 Å². The lowest BCUT2D eigenvalue weighted by atomic mass is 10.0. The van der Waals surface area contributed by atoms with E-state index in [1.807, 2.05) is 17.0 Å². The second-order valence-corrected chi connectivity index (χ2v) is 10.8. The van der Waals surface area contributed by atoms with Crippen LogP contribution in [-0.2, 0) is 16.6 Å². The summed E-state index contributed by atoms with van der Waals surface area (Å²) in [6.45, 7) is 8.08. The molecule has 1 aliphatic heterocycles. The Balaban J connectivity index is 1.63. The van der Waals surface area contributed by atoms with Crippen LogP contribution in [0.15, 0.2) is 47.4 Å². The highest BCUT2D eigenvalue weighted by Gasteiger charge is 2.43. The molecular formula is C24H28N2O4S. The Hall–Kier alpha value is -2.67. The van der Waals surface area contributed by atoms with Crippen molar-refractivity contribution < 1.29 is 18.0 Å². The van der Waals surface area contributed by atoms with E-state index in [1.54, 1.807) is 19.9 Å². The number of carbonyl (C=O) groups excluding carboxylic acids is 2. The van der Waals surface area contributed by atoms with Crippen LogP contribution in [-0.4, -0.2) is 41.5 Å². The minimum absolute atomic E-state index is 0.0749. The fourth-order valence-corrected chi connectivity index (χ4v) is 5.81. The van der Waals surface area contributed by atoms with Gasteiger partial charge in [0.15, 0.2) is 0 Å². The fourth-order valence-electron chi connectivity index (χ4n) is 4.01. The molecule has 2 aromatic carbocycles. The predicted molar refractivity (Wildman–Crippen MR) is 118 cm³/mol. The lowest BCUT2D eigenvalue weighted by Gasteiger charge is -2.23. The molecule has 2 aromatic rings. The third-order valence-corrected chi connectivity index (χ3v) is 7.91. The van der Waals surface area contributed by atoms with E-state index in [9.17, 15) is 18.0 Å². The normalized spacial score (nSPS) is 17.4. The SMILES string of the molecule is CC(C)c1ccc(CN(C(=O)c2ccc3c(c2)S(=O)(=O)N(C(C)C)C3=O)C2CC2)cc1. The summed E-state index contributed by atoms with van der Waals surface area (Å²) in [6.07, 6.45) is 1.89. The Morgan fingerprint density at radius 1 is 1.06 bits per heavy atom. The molecule has 0 bridgehead atoms. The maximum atomic E-state index is 13.3. The molecule has 0 saturated heterocycles. The quantitative estimate of drug-likeness (QED) is 0.676. The maximum absolute atomic E-state index is 13.3. The second-order valence-electron chi connectivity index (χ2n) is 8.97. The number of rotatable bonds is 6. The molecule has 0 aromatic heterocycles. The third-order valence-electron chi connectivity index (χ3n) is 5.91. The largest absolute Gasteiger partial charge is 0.331 e. The molecule has 0 radical (unpaired) electrons. The average molecular weight is 441 g/mol. The number of amides is 2. The predicted octanol–water partition coefficient (Wildman–Crippen LogP) is 4.17. The first kappa shape index (κ1) is 21.6. The van der Waals surface area contributed by atoms with E-state index < -0.39 is 22.0 Å². The van der Waals surface area contributed by atoms with E-state index in [0.717, 1.165) is 22.7 Å². The summed E-state index contributed by atoms with van der Waals surface area (Å²) in [5, 5.41) is 0. The molecule has 6 nitrogen and oxygen atoms in total. The average Bonchev–Trinajstić information content (AvgIpc) is 3.53. The van der Waals surface area contributed by atoms with Crippen molar-refractivity contribution in [1.82, 2.24) is 9.21 Å². The second kappa shape index (κ2) is 7.79. The van der Waals surface area contributed by atoms with Gasteiger partial charge in [0.2, 0.25) is 0 Å². The zero-order chi connectivity index (χ0) is 22.5. The number of hydrogen-bond donors (Lipinski definition) is 0. The van der Waals surface area contributed by atoms with Gasteiger partial charge in [-0.2, -0.15) is 0 Å². The highest BCUT2D eigenvalue weighted by molar-refractivity contribution is 7.90. The van der Waals surface area contributed by atoms with E-state index >= 15 is 0 Å². The lowest BCUT2D eigenvalue weighted by molar-refractivity contribution is 0.0728. The van der Waals surface area contributed by atoms with Crippen LogP contribution in [0.1, 0.15) is 78.3 Å². The first-order valence-corrected chi connectivity index (χ1v) is 12.2. The first-order valence-electron chi connectivity index (χ1n) is 10.7. The van der Waals surface area contributed by atoms with Crippen LogP contribution in [0, 0.1) is 0 Å². The molecule has 2 amide bonds. The van der Waals surface area contributed by atoms with Crippen LogP contribution in [0.2, 0.25) is 0 Å².